The Labute approximate surface area is 119 Å². The lowest BCUT2D eigenvalue weighted by Gasteiger charge is -2.36. The van der Waals surface area contributed by atoms with Gasteiger partial charge in [0.15, 0.2) is 0 Å². The molecule has 1 fully saturated rings. The van der Waals surface area contributed by atoms with Crippen LogP contribution in [0.1, 0.15) is 36.2 Å². The lowest BCUT2D eigenvalue weighted by atomic mass is 9.80. The molecule has 3 N–H and O–H groups in total. The van der Waals surface area contributed by atoms with Crippen molar-refractivity contribution in [2.45, 2.75) is 45.1 Å². The smallest absolute Gasteiger partial charge is 0.314 e. The molecule has 1 heterocycles. The zero-order chi connectivity index (χ0) is 14.8. The summed E-state index contributed by atoms with van der Waals surface area (Å²) in [5.41, 5.74) is 2.66. The van der Waals surface area contributed by atoms with Crippen LogP contribution < -0.4 is 10.6 Å². The molecule has 112 valence electrons. The van der Waals surface area contributed by atoms with Gasteiger partial charge in [-0.1, -0.05) is 0 Å². The molecular weight excluding hydrogens is 256 g/mol. The summed E-state index contributed by atoms with van der Waals surface area (Å²) in [7, 11) is 1.92. The van der Waals surface area contributed by atoms with Crippen LogP contribution in [0.5, 0.6) is 0 Å². The third-order valence-corrected chi connectivity index (χ3v) is 4.18. The first kappa shape index (κ1) is 14.8. The van der Waals surface area contributed by atoms with E-state index in [1.165, 1.54) is 5.56 Å². The van der Waals surface area contributed by atoms with Crippen molar-refractivity contribution in [3.63, 3.8) is 0 Å². The summed E-state index contributed by atoms with van der Waals surface area (Å²) in [5.74, 6) is 0. The fraction of sp³-hybridized carbons (Fsp3) is 0.714. The minimum Gasteiger partial charge on any atom is -0.388 e. The van der Waals surface area contributed by atoms with E-state index in [0.29, 0.717) is 13.1 Å². The largest absolute Gasteiger partial charge is 0.388 e. The first-order valence-corrected chi connectivity index (χ1v) is 7.14. The summed E-state index contributed by atoms with van der Waals surface area (Å²) in [6.45, 7) is 4.91. The molecule has 1 aromatic heterocycles. The van der Waals surface area contributed by atoms with Crippen LogP contribution in [0.25, 0.3) is 0 Å². The van der Waals surface area contributed by atoms with Crippen LogP contribution in [0.2, 0.25) is 0 Å². The molecule has 0 bridgehead atoms. The number of urea groups is 1. The van der Waals surface area contributed by atoms with Crippen LogP contribution in [0.3, 0.4) is 0 Å². The van der Waals surface area contributed by atoms with Crippen LogP contribution in [-0.2, 0) is 13.5 Å². The predicted molar refractivity (Wildman–Crippen MR) is 76.6 cm³/mol. The highest BCUT2D eigenvalue weighted by Crippen LogP contribution is 2.30. The molecule has 0 spiro atoms. The van der Waals surface area contributed by atoms with E-state index >= 15 is 0 Å². The molecule has 2 rings (SSSR count). The number of carbonyl (C=O) groups excluding carboxylic acids is 1. The normalized spacial score (nSPS) is 16.6. The van der Waals surface area contributed by atoms with Crippen molar-refractivity contribution in [2.75, 3.05) is 13.1 Å². The summed E-state index contributed by atoms with van der Waals surface area (Å²) in [4.78, 5) is 11.6. The molecule has 1 aromatic rings. The molecule has 1 saturated carbocycles. The van der Waals surface area contributed by atoms with Crippen molar-refractivity contribution in [2.24, 2.45) is 7.05 Å². The number of aromatic nitrogens is 2. The van der Waals surface area contributed by atoms with E-state index in [4.69, 9.17) is 0 Å². The van der Waals surface area contributed by atoms with Crippen LogP contribution >= 0.6 is 0 Å². The Morgan fingerprint density at radius 3 is 2.60 bits per heavy atom. The topological polar surface area (TPSA) is 79.2 Å². The molecular formula is C14H24N4O2. The standard InChI is InChI=1S/C14H24N4O2/c1-10-12(11(2)18(3)17-10)5-8-15-13(19)16-9-14(20)6-4-7-14/h20H,4-9H2,1-3H3,(H2,15,16,19). The molecule has 6 nitrogen and oxygen atoms in total. The molecule has 1 aliphatic carbocycles. The van der Waals surface area contributed by atoms with E-state index < -0.39 is 5.60 Å². The van der Waals surface area contributed by atoms with Crippen LogP contribution in [0.4, 0.5) is 4.79 Å². The van der Waals surface area contributed by atoms with Gasteiger partial charge >= 0.3 is 6.03 Å². The van der Waals surface area contributed by atoms with E-state index in [1.807, 2.05) is 25.6 Å². The summed E-state index contributed by atoms with van der Waals surface area (Å²) in [6.07, 6.45) is 3.37. The second-order valence-corrected chi connectivity index (χ2v) is 5.71. The Balaban J connectivity index is 1.71. The summed E-state index contributed by atoms with van der Waals surface area (Å²) >= 11 is 0. The molecule has 20 heavy (non-hydrogen) atoms. The van der Waals surface area contributed by atoms with Gasteiger partial charge in [0.05, 0.1) is 11.3 Å². The van der Waals surface area contributed by atoms with E-state index in [1.54, 1.807) is 0 Å². The van der Waals surface area contributed by atoms with Crippen molar-refractivity contribution in [1.29, 1.82) is 0 Å². The maximum atomic E-state index is 11.6. The Morgan fingerprint density at radius 2 is 2.10 bits per heavy atom. The Hall–Kier alpha value is -1.56. The number of aryl methyl sites for hydroxylation is 2. The van der Waals surface area contributed by atoms with Crippen LogP contribution in [-0.4, -0.2) is 39.6 Å². The van der Waals surface area contributed by atoms with Gasteiger partial charge in [0.1, 0.15) is 0 Å². The molecule has 2 amide bonds. The Morgan fingerprint density at radius 1 is 1.40 bits per heavy atom. The van der Waals surface area contributed by atoms with Crippen LogP contribution in [0, 0.1) is 13.8 Å². The fourth-order valence-corrected chi connectivity index (χ4v) is 2.55. The fourth-order valence-electron chi connectivity index (χ4n) is 2.55. The van der Waals surface area contributed by atoms with Gasteiger partial charge in [-0.25, -0.2) is 4.79 Å². The highest BCUT2D eigenvalue weighted by atomic mass is 16.3. The first-order valence-electron chi connectivity index (χ1n) is 7.14. The number of nitrogens with one attached hydrogen (secondary N) is 2. The lowest BCUT2D eigenvalue weighted by Crippen LogP contribution is -2.50. The van der Waals surface area contributed by atoms with E-state index in [-0.39, 0.29) is 6.03 Å². The van der Waals surface area contributed by atoms with Gasteiger partial charge in [0.2, 0.25) is 0 Å². The predicted octanol–water partition coefficient (Wildman–Crippen LogP) is 0.794. The highest BCUT2D eigenvalue weighted by molar-refractivity contribution is 5.73. The SMILES string of the molecule is Cc1nn(C)c(C)c1CCNC(=O)NCC1(O)CCC1. The highest BCUT2D eigenvalue weighted by Gasteiger charge is 2.34. The number of carbonyl (C=O) groups is 1. The molecule has 1 aliphatic rings. The average molecular weight is 280 g/mol. The van der Waals surface area contributed by atoms with Gasteiger partial charge in [0, 0.05) is 25.8 Å². The molecule has 0 unspecified atom stereocenters. The van der Waals surface area contributed by atoms with Crippen molar-refractivity contribution in [1.82, 2.24) is 20.4 Å². The quantitative estimate of drug-likeness (QED) is 0.746. The van der Waals surface area contributed by atoms with Gasteiger partial charge in [-0.3, -0.25) is 4.68 Å². The minimum atomic E-state index is -0.673. The monoisotopic (exact) mass is 280 g/mol. The van der Waals surface area contributed by atoms with E-state index in [0.717, 1.165) is 37.1 Å². The van der Waals surface area contributed by atoms with E-state index in [2.05, 4.69) is 15.7 Å². The molecule has 0 saturated heterocycles. The molecule has 0 aromatic carbocycles. The zero-order valence-corrected chi connectivity index (χ0v) is 12.5. The minimum absolute atomic E-state index is 0.218. The average Bonchev–Trinajstić information content (AvgIpc) is 2.60. The maximum absolute atomic E-state index is 11.6. The maximum Gasteiger partial charge on any atom is 0.314 e. The Bertz CT molecular complexity index is 492. The van der Waals surface area contributed by atoms with Crippen molar-refractivity contribution >= 4 is 6.03 Å². The third kappa shape index (κ3) is 3.30. The lowest BCUT2D eigenvalue weighted by molar-refractivity contribution is -0.0290. The van der Waals surface area contributed by atoms with Gasteiger partial charge in [-0.15, -0.1) is 0 Å². The van der Waals surface area contributed by atoms with Crippen LogP contribution in [0.15, 0.2) is 0 Å². The second-order valence-electron chi connectivity index (χ2n) is 5.71. The van der Waals surface area contributed by atoms with Gasteiger partial charge < -0.3 is 15.7 Å². The van der Waals surface area contributed by atoms with Crippen molar-refractivity contribution < 1.29 is 9.90 Å². The number of aliphatic hydroxyl groups is 1. The second kappa shape index (κ2) is 5.83. The van der Waals surface area contributed by atoms with E-state index in [9.17, 15) is 9.90 Å². The molecule has 6 heteroatoms. The Kier molecular flexibility index (Phi) is 4.32. The summed E-state index contributed by atoms with van der Waals surface area (Å²) in [6, 6.07) is -0.218. The number of rotatable bonds is 5. The number of hydrogen-bond donors (Lipinski definition) is 3. The first-order chi connectivity index (χ1) is 9.41. The zero-order valence-electron chi connectivity index (χ0n) is 12.5. The van der Waals surface area contributed by atoms with Gasteiger partial charge in [0.25, 0.3) is 0 Å². The molecule has 0 radical (unpaired) electrons. The number of amides is 2. The van der Waals surface area contributed by atoms with Gasteiger partial charge in [-0.05, 0) is 45.1 Å². The third-order valence-electron chi connectivity index (χ3n) is 4.18. The molecule has 0 aliphatic heterocycles. The van der Waals surface area contributed by atoms with Crippen molar-refractivity contribution in [3.8, 4) is 0 Å². The number of hydrogen-bond acceptors (Lipinski definition) is 3. The van der Waals surface area contributed by atoms with Gasteiger partial charge in [-0.2, -0.15) is 5.10 Å². The number of nitrogens with zero attached hydrogens (tertiary/aromatic N) is 2. The summed E-state index contributed by atoms with van der Waals surface area (Å²) < 4.78 is 1.86. The summed E-state index contributed by atoms with van der Waals surface area (Å²) in [5, 5.41) is 19.8. The van der Waals surface area contributed by atoms with Crippen molar-refractivity contribution in [3.05, 3.63) is 17.0 Å². The molecule has 0 atom stereocenters.